The predicted molar refractivity (Wildman–Crippen MR) is 121 cm³/mol. The van der Waals surface area contributed by atoms with Crippen LogP contribution in [0.25, 0.3) is 22.0 Å². The molecule has 3 rings (SSSR count). The molecule has 0 fully saturated rings. The van der Waals surface area contributed by atoms with Crippen LogP contribution >= 0.6 is 11.8 Å². The number of benzene rings is 2. The smallest absolute Gasteiger partial charge is 0.326 e. The molecule has 0 aliphatic carbocycles. The second-order valence-corrected chi connectivity index (χ2v) is 8.56. The minimum Gasteiger partial charge on any atom is -0.394 e. The summed E-state index contributed by atoms with van der Waals surface area (Å²) < 4.78 is 19.3. The predicted octanol–water partition coefficient (Wildman–Crippen LogP) is 2.36. The van der Waals surface area contributed by atoms with E-state index >= 15 is 0 Å². The molecule has 166 valence electrons. The number of aromatic amines is 2. The van der Waals surface area contributed by atoms with Crippen LogP contribution in [0.5, 0.6) is 0 Å². The number of nitrogens with zero attached hydrogens (tertiary/aromatic N) is 1. The summed E-state index contributed by atoms with van der Waals surface area (Å²) in [5, 5.41) is 10.1. The first kappa shape index (κ1) is 23.2. The zero-order chi connectivity index (χ0) is 22.5. The highest BCUT2D eigenvalue weighted by molar-refractivity contribution is 7.99. The van der Waals surface area contributed by atoms with Gasteiger partial charge in [-0.3, -0.25) is 9.78 Å². The lowest BCUT2D eigenvalue weighted by atomic mass is 9.98. The Balaban J connectivity index is 2.05. The van der Waals surface area contributed by atoms with Gasteiger partial charge in [-0.25, -0.2) is 9.18 Å². The molecule has 31 heavy (non-hydrogen) atoms. The van der Waals surface area contributed by atoms with Crippen molar-refractivity contribution in [3.63, 3.8) is 0 Å². The summed E-state index contributed by atoms with van der Waals surface area (Å²) in [5.74, 6) is 0.0572. The molecule has 7 nitrogen and oxygen atoms in total. The van der Waals surface area contributed by atoms with E-state index in [2.05, 4.69) is 9.97 Å². The first-order valence-corrected chi connectivity index (χ1v) is 10.8. The number of aliphatic hydroxyl groups is 1. The van der Waals surface area contributed by atoms with E-state index in [0.29, 0.717) is 28.2 Å². The standard InChI is InChI=1S/C22H26FN3O4S/c1-13-10-17-19(24-22(29)25-21(17)28)20(18(13)14-4-6-15(23)7-5-14)31-12-16(11-27)30-9-8-26(2)3/h4-7,10,16,27H,8-9,11-12H2,1-3H3,(H2,24,25,28,29)/t16-/m0/s1. The van der Waals surface area contributed by atoms with Crippen molar-refractivity contribution in [2.45, 2.75) is 17.9 Å². The molecule has 1 atom stereocenters. The van der Waals surface area contributed by atoms with Crippen molar-refractivity contribution < 1.29 is 14.2 Å². The maximum Gasteiger partial charge on any atom is 0.326 e. The highest BCUT2D eigenvalue weighted by atomic mass is 32.2. The summed E-state index contributed by atoms with van der Waals surface area (Å²) in [5.41, 5.74) is 1.70. The van der Waals surface area contributed by atoms with E-state index < -0.39 is 17.4 Å². The minimum atomic E-state index is -0.603. The third-order valence-corrected chi connectivity index (χ3v) is 6.07. The fraction of sp³-hybridized carbons (Fsp3) is 0.364. The number of fused-ring (bicyclic) bond motifs is 1. The van der Waals surface area contributed by atoms with Crippen molar-refractivity contribution in [3.05, 3.63) is 62.6 Å². The average Bonchev–Trinajstić information content (AvgIpc) is 2.71. The van der Waals surface area contributed by atoms with E-state index in [1.165, 1.54) is 23.9 Å². The van der Waals surface area contributed by atoms with Crippen LogP contribution in [0.4, 0.5) is 4.39 Å². The van der Waals surface area contributed by atoms with E-state index in [1.807, 2.05) is 25.9 Å². The highest BCUT2D eigenvalue weighted by Crippen LogP contribution is 2.38. The summed E-state index contributed by atoms with van der Waals surface area (Å²) in [4.78, 5) is 32.0. The summed E-state index contributed by atoms with van der Waals surface area (Å²) in [7, 11) is 3.88. The molecule has 1 aromatic heterocycles. The van der Waals surface area contributed by atoms with Gasteiger partial charge in [0.15, 0.2) is 0 Å². The largest absolute Gasteiger partial charge is 0.394 e. The molecule has 0 aliphatic rings. The van der Waals surface area contributed by atoms with Crippen molar-refractivity contribution in [2.75, 3.05) is 39.6 Å². The zero-order valence-electron chi connectivity index (χ0n) is 17.7. The molecule has 0 spiro atoms. The lowest BCUT2D eigenvalue weighted by Crippen LogP contribution is -2.26. The summed E-state index contributed by atoms with van der Waals surface area (Å²) in [6.07, 6.45) is -0.421. The number of H-pyrrole nitrogens is 2. The van der Waals surface area contributed by atoms with Gasteiger partial charge >= 0.3 is 5.69 Å². The lowest BCUT2D eigenvalue weighted by Gasteiger charge is -2.20. The van der Waals surface area contributed by atoms with Gasteiger partial charge in [0.05, 0.1) is 30.2 Å². The number of aromatic nitrogens is 2. The van der Waals surface area contributed by atoms with E-state index in [0.717, 1.165) is 23.2 Å². The monoisotopic (exact) mass is 447 g/mol. The number of hydrogen-bond donors (Lipinski definition) is 3. The maximum absolute atomic E-state index is 13.5. The lowest BCUT2D eigenvalue weighted by molar-refractivity contribution is 0.0216. The fourth-order valence-electron chi connectivity index (χ4n) is 3.26. The average molecular weight is 448 g/mol. The highest BCUT2D eigenvalue weighted by Gasteiger charge is 2.19. The first-order valence-electron chi connectivity index (χ1n) is 9.86. The first-order chi connectivity index (χ1) is 14.8. The van der Waals surface area contributed by atoms with Crippen LogP contribution < -0.4 is 11.2 Å². The Labute approximate surface area is 183 Å². The van der Waals surface area contributed by atoms with Crippen molar-refractivity contribution in [3.8, 4) is 11.1 Å². The van der Waals surface area contributed by atoms with Crippen molar-refractivity contribution >= 4 is 22.7 Å². The molecule has 0 radical (unpaired) electrons. The molecule has 0 saturated heterocycles. The van der Waals surface area contributed by atoms with E-state index in [-0.39, 0.29) is 12.4 Å². The molecular weight excluding hydrogens is 421 g/mol. The molecule has 0 saturated carbocycles. The molecule has 0 aliphatic heterocycles. The Morgan fingerprint density at radius 3 is 2.55 bits per heavy atom. The summed E-state index contributed by atoms with van der Waals surface area (Å²) in [6.45, 7) is 2.89. The van der Waals surface area contributed by atoms with Crippen LogP contribution in [-0.2, 0) is 4.74 Å². The molecular formula is C22H26FN3O4S. The number of likely N-dealkylation sites (N-methyl/N-ethyl adjacent to an activating group) is 1. The molecule has 3 N–H and O–H groups in total. The molecule has 2 aromatic carbocycles. The van der Waals surface area contributed by atoms with Gasteiger partial charge in [0.25, 0.3) is 5.56 Å². The van der Waals surface area contributed by atoms with Gasteiger partial charge in [-0.2, -0.15) is 0 Å². The summed E-state index contributed by atoms with van der Waals surface area (Å²) >= 11 is 1.38. The number of nitrogens with one attached hydrogen (secondary N) is 2. The number of hydrogen-bond acceptors (Lipinski definition) is 6. The van der Waals surface area contributed by atoms with Gasteiger partial charge in [0.2, 0.25) is 0 Å². The molecule has 0 amide bonds. The normalized spacial score (nSPS) is 12.6. The summed E-state index contributed by atoms with van der Waals surface area (Å²) in [6, 6.07) is 7.78. The van der Waals surface area contributed by atoms with Crippen LogP contribution in [0, 0.1) is 12.7 Å². The fourth-order valence-corrected chi connectivity index (χ4v) is 4.54. The Kier molecular flexibility index (Phi) is 7.66. The van der Waals surface area contributed by atoms with Crippen molar-refractivity contribution in [1.29, 1.82) is 0 Å². The number of thioether (sulfide) groups is 1. The van der Waals surface area contributed by atoms with Gasteiger partial charge in [-0.15, -0.1) is 11.8 Å². The van der Waals surface area contributed by atoms with Gasteiger partial charge < -0.3 is 19.7 Å². The second-order valence-electron chi connectivity index (χ2n) is 7.52. The third-order valence-electron chi connectivity index (χ3n) is 4.83. The topological polar surface area (TPSA) is 98.4 Å². The number of halogens is 1. The maximum atomic E-state index is 13.5. The third kappa shape index (κ3) is 5.62. The Morgan fingerprint density at radius 1 is 1.19 bits per heavy atom. The zero-order valence-corrected chi connectivity index (χ0v) is 18.5. The SMILES string of the molecule is Cc1cc2c(=O)[nH]c(=O)[nH]c2c(SC[C@H](CO)OCCN(C)C)c1-c1ccc(F)cc1. The van der Waals surface area contributed by atoms with Gasteiger partial charge in [-0.1, -0.05) is 12.1 Å². The van der Waals surface area contributed by atoms with Crippen molar-refractivity contribution in [2.24, 2.45) is 0 Å². The van der Waals surface area contributed by atoms with E-state index in [1.54, 1.807) is 18.2 Å². The minimum absolute atomic E-state index is 0.160. The number of aryl methyl sites for hydroxylation is 1. The molecule has 3 aromatic rings. The van der Waals surface area contributed by atoms with Crippen LogP contribution in [0.1, 0.15) is 5.56 Å². The molecule has 9 heteroatoms. The van der Waals surface area contributed by atoms with Crippen LogP contribution in [0.3, 0.4) is 0 Å². The Hall–Kier alpha value is -2.46. The van der Waals surface area contributed by atoms with Crippen LogP contribution in [-0.4, -0.2) is 65.7 Å². The van der Waals surface area contributed by atoms with Gasteiger partial charge in [-0.05, 0) is 50.3 Å². The Morgan fingerprint density at radius 2 is 1.90 bits per heavy atom. The number of rotatable bonds is 9. The van der Waals surface area contributed by atoms with Gasteiger partial charge in [0.1, 0.15) is 5.82 Å². The quantitative estimate of drug-likeness (QED) is 0.436. The molecule has 0 bridgehead atoms. The molecule has 0 unspecified atom stereocenters. The number of aliphatic hydroxyl groups excluding tert-OH is 1. The van der Waals surface area contributed by atoms with Crippen LogP contribution in [0.2, 0.25) is 0 Å². The second kappa shape index (κ2) is 10.2. The van der Waals surface area contributed by atoms with Crippen molar-refractivity contribution in [1.82, 2.24) is 14.9 Å². The van der Waals surface area contributed by atoms with Gasteiger partial charge in [0, 0.05) is 22.8 Å². The number of ether oxygens (including phenoxy) is 1. The molecule has 1 heterocycles. The van der Waals surface area contributed by atoms with E-state index in [9.17, 15) is 19.1 Å². The van der Waals surface area contributed by atoms with Crippen LogP contribution in [0.15, 0.2) is 44.8 Å². The Bertz CT molecular complexity index is 1160. The van der Waals surface area contributed by atoms with E-state index in [4.69, 9.17) is 4.74 Å².